The second-order valence-electron chi connectivity index (χ2n) is 3.56. The lowest BCUT2D eigenvalue weighted by Gasteiger charge is -2.08. The lowest BCUT2D eigenvalue weighted by Crippen LogP contribution is -1.93. The van der Waals surface area contributed by atoms with E-state index in [0.29, 0.717) is 0 Å². The second kappa shape index (κ2) is 7.33. The predicted octanol–water partition coefficient (Wildman–Crippen LogP) is 3.63. The van der Waals surface area contributed by atoms with Gasteiger partial charge < -0.3 is 9.84 Å². The van der Waals surface area contributed by atoms with Crippen LogP contribution in [0.4, 0.5) is 0 Å². The summed E-state index contributed by atoms with van der Waals surface area (Å²) in [5.41, 5.74) is 0.938. The molecule has 2 nitrogen and oxygen atoms in total. The molecule has 0 aromatic heterocycles. The number of benzene rings is 1. The summed E-state index contributed by atoms with van der Waals surface area (Å²) in [7, 11) is 1.72. The summed E-state index contributed by atoms with van der Waals surface area (Å²) in [5.74, 6) is 1.04. The highest BCUT2D eigenvalue weighted by molar-refractivity contribution is 9.10. The maximum Gasteiger partial charge on any atom is 0.0762 e. The summed E-state index contributed by atoms with van der Waals surface area (Å²) in [6, 6.07) is 5.99. The molecule has 0 spiro atoms. The van der Waals surface area contributed by atoms with E-state index in [1.54, 1.807) is 25.8 Å². The van der Waals surface area contributed by atoms with Crippen LogP contribution in [0.2, 0.25) is 0 Å². The molecule has 0 heterocycles. The highest BCUT2D eigenvalue weighted by atomic mass is 79.9. The van der Waals surface area contributed by atoms with Crippen molar-refractivity contribution >= 4 is 27.7 Å². The van der Waals surface area contributed by atoms with E-state index in [1.165, 1.54) is 4.90 Å². The molecule has 1 aromatic carbocycles. The van der Waals surface area contributed by atoms with Gasteiger partial charge >= 0.3 is 0 Å². The van der Waals surface area contributed by atoms with Crippen LogP contribution in [-0.2, 0) is 4.74 Å². The molecule has 0 fully saturated rings. The Morgan fingerprint density at radius 2 is 2.25 bits per heavy atom. The molecule has 1 atom stereocenters. The number of hydrogen-bond donors (Lipinski definition) is 1. The standard InChI is InChI=1S/C12H17BrO2S/c1-9(14)10-4-5-12(11(13)8-10)16-7-3-6-15-2/h4-5,8-9,14H,3,6-7H2,1-2H3/t9-/m0/s1. The Morgan fingerprint density at radius 1 is 1.50 bits per heavy atom. The zero-order valence-electron chi connectivity index (χ0n) is 9.57. The zero-order valence-corrected chi connectivity index (χ0v) is 12.0. The summed E-state index contributed by atoms with van der Waals surface area (Å²) in [6.07, 6.45) is 0.634. The molecule has 90 valence electrons. The number of aliphatic hydroxyl groups excluding tert-OH is 1. The van der Waals surface area contributed by atoms with Gasteiger partial charge in [0.15, 0.2) is 0 Å². The molecule has 0 aliphatic carbocycles. The van der Waals surface area contributed by atoms with E-state index in [0.717, 1.165) is 28.8 Å². The van der Waals surface area contributed by atoms with Crippen LogP contribution in [-0.4, -0.2) is 24.6 Å². The van der Waals surface area contributed by atoms with E-state index in [2.05, 4.69) is 15.9 Å². The van der Waals surface area contributed by atoms with Crippen LogP contribution < -0.4 is 0 Å². The van der Waals surface area contributed by atoms with E-state index >= 15 is 0 Å². The van der Waals surface area contributed by atoms with Crippen LogP contribution in [0.25, 0.3) is 0 Å². The molecule has 1 N–H and O–H groups in total. The van der Waals surface area contributed by atoms with E-state index in [4.69, 9.17) is 4.74 Å². The Bertz CT molecular complexity index is 329. The average molecular weight is 305 g/mol. The van der Waals surface area contributed by atoms with Gasteiger partial charge in [0.25, 0.3) is 0 Å². The van der Waals surface area contributed by atoms with Crippen molar-refractivity contribution in [3.63, 3.8) is 0 Å². The largest absolute Gasteiger partial charge is 0.389 e. The number of rotatable bonds is 6. The summed E-state index contributed by atoms with van der Waals surface area (Å²) >= 11 is 5.32. The molecule has 0 saturated heterocycles. The number of halogens is 1. The normalized spacial score (nSPS) is 12.8. The Labute approximate surface area is 110 Å². The van der Waals surface area contributed by atoms with Gasteiger partial charge in [-0.15, -0.1) is 11.8 Å². The zero-order chi connectivity index (χ0) is 12.0. The third-order valence-electron chi connectivity index (χ3n) is 2.19. The van der Waals surface area contributed by atoms with Crippen molar-refractivity contribution in [1.82, 2.24) is 0 Å². The number of ether oxygens (including phenoxy) is 1. The number of thioether (sulfide) groups is 1. The second-order valence-corrected chi connectivity index (χ2v) is 5.55. The monoisotopic (exact) mass is 304 g/mol. The molecule has 4 heteroatoms. The van der Waals surface area contributed by atoms with Crippen molar-refractivity contribution in [1.29, 1.82) is 0 Å². The third-order valence-corrected chi connectivity index (χ3v) is 4.27. The first kappa shape index (κ1) is 14.0. The fourth-order valence-corrected chi connectivity index (χ4v) is 2.86. The van der Waals surface area contributed by atoms with E-state index < -0.39 is 6.10 Å². The van der Waals surface area contributed by atoms with E-state index in [-0.39, 0.29) is 0 Å². The molecule has 1 aromatic rings. The summed E-state index contributed by atoms with van der Waals surface area (Å²) < 4.78 is 6.05. The molecule has 0 amide bonds. The SMILES string of the molecule is COCCCSc1ccc([C@H](C)O)cc1Br. The van der Waals surface area contributed by atoms with E-state index in [9.17, 15) is 5.11 Å². The Hall–Kier alpha value is -0.0300. The van der Waals surface area contributed by atoms with Gasteiger partial charge in [-0.2, -0.15) is 0 Å². The van der Waals surface area contributed by atoms with Crippen LogP contribution in [0, 0.1) is 0 Å². The van der Waals surface area contributed by atoms with Crippen molar-refractivity contribution in [2.75, 3.05) is 19.5 Å². The van der Waals surface area contributed by atoms with Gasteiger partial charge in [-0.05, 0) is 47.0 Å². The average Bonchev–Trinajstić information content (AvgIpc) is 2.26. The first-order valence-corrected chi connectivity index (χ1v) is 7.02. The third kappa shape index (κ3) is 4.45. The summed E-state index contributed by atoms with van der Waals surface area (Å²) in [6.45, 7) is 2.57. The van der Waals surface area contributed by atoms with Gasteiger partial charge in [-0.3, -0.25) is 0 Å². The van der Waals surface area contributed by atoms with Gasteiger partial charge in [0.05, 0.1) is 6.10 Å². The van der Waals surface area contributed by atoms with Crippen molar-refractivity contribution in [2.45, 2.75) is 24.3 Å². The van der Waals surface area contributed by atoms with Gasteiger partial charge in [-0.25, -0.2) is 0 Å². The molecule has 1 rings (SSSR count). The molecular formula is C12H17BrO2S. The predicted molar refractivity (Wildman–Crippen MR) is 72.0 cm³/mol. The van der Waals surface area contributed by atoms with Crippen molar-refractivity contribution < 1.29 is 9.84 Å². The van der Waals surface area contributed by atoms with Crippen LogP contribution in [0.15, 0.2) is 27.6 Å². The molecule has 0 unspecified atom stereocenters. The fraction of sp³-hybridized carbons (Fsp3) is 0.500. The minimum atomic E-state index is -0.413. The molecule has 0 aliphatic heterocycles. The first-order chi connectivity index (χ1) is 7.65. The number of methoxy groups -OCH3 is 1. The highest BCUT2D eigenvalue weighted by Gasteiger charge is 2.05. The van der Waals surface area contributed by atoms with Crippen LogP contribution in [0.3, 0.4) is 0 Å². The molecule has 0 saturated carbocycles. The first-order valence-electron chi connectivity index (χ1n) is 5.24. The fourth-order valence-electron chi connectivity index (χ4n) is 1.28. The summed E-state index contributed by atoms with van der Waals surface area (Å²) in [5, 5.41) is 9.44. The molecule has 0 radical (unpaired) electrons. The van der Waals surface area contributed by atoms with Crippen LogP contribution >= 0.6 is 27.7 Å². The summed E-state index contributed by atoms with van der Waals surface area (Å²) in [4.78, 5) is 1.21. The molecule has 0 aliphatic rings. The van der Waals surface area contributed by atoms with Gasteiger partial charge in [0, 0.05) is 28.8 Å². The van der Waals surface area contributed by atoms with Gasteiger partial charge in [0.1, 0.15) is 0 Å². The highest BCUT2D eigenvalue weighted by Crippen LogP contribution is 2.30. The number of aliphatic hydroxyl groups is 1. The Kier molecular flexibility index (Phi) is 6.43. The quantitative estimate of drug-likeness (QED) is 0.643. The van der Waals surface area contributed by atoms with Crippen molar-refractivity contribution in [2.24, 2.45) is 0 Å². The Balaban J connectivity index is 2.54. The molecule has 16 heavy (non-hydrogen) atoms. The lowest BCUT2D eigenvalue weighted by atomic mass is 10.1. The smallest absolute Gasteiger partial charge is 0.0762 e. The molecule has 0 bridgehead atoms. The van der Waals surface area contributed by atoms with Crippen molar-refractivity contribution in [3.05, 3.63) is 28.2 Å². The van der Waals surface area contributed by atoms with Crippen LogP contribution in [0.5, 0.6) is 0 Å². The lowest BCUT2D eigenvalue weighted by molar-refractivity contribution is 0.199. The molecular weight excluding hydrogens is 288 g/mol. The van der Waals surface area contributed by atoms with Crippen LogP contribution in [0.1, 0.15) is 25.0 Å². The maximum atomic E-state index is 9.44. The Morgan fingerprint density at radius 3 is 2.81 bits per heavy atom. The topological polar surface area (TPSA) is 29.5 Å². The van der Waals surface area contributed by atoms with E-state index in [1.807, 2.05) is 18.2 Å². The maximum absolute atomic E-state index is 9.44. The van der Waals surface area contributed by atoms with Gasteiger partial charge in [0.2, 0.25) is 0 Å². The van der Waals surface area contributed by atoms with Crippen molar-refractivity contribution in [3.8, 4) is 0 Å². The minimum absolute atomic E-state index is 0.413. The van der Waals surface area contributed by atoms with Gasteiger partial charge in [-0.1, -0.05) is 6.07 Å². The number of hydrogen-bond acceptors (Lipinski definition) is 3. The minimum Gasteiger partial charge on any atom is -0.389 e.